The Labute approximate surface area is 292 Å². The SMILES string of the molecule is CCCCCCCCCCCCCCCCCCCC=CCCc1ccccc1N=C(C=Nc1ccccc1)CCCCC.[Pd]. The van der Waals surface area contributed by atoms with Gasteiger partial charge in [-0.2, -0.15) is 0 Å². The van der Waals surface area contributed by atoms with E-state index in [1.165, 1.54) is 134 Å². The topological polar surface area (TPSA) is 24.7 Å². The summed E-state index contributed by atoms with van der Waals surface area (Å²) in [6.07, 6.45) is 39.0. The standard InChI is InChI=1S/C42H66N2.Pd/c1-3-5-7-8-9-10-11-12-13-14-15-16-17-18-19-20-21-22-23-24-27-32-39-33-30-31-37-42(39)44-41(36-26-6-4-2)38-43-40-34-28-25-29-35-40;/h23-25,28-31,33-35,37-38H,3-22,26-27,32,36H2,1-2H3;. The van der Waals surface area contributed by atoms with Gasteiger partial charge in [0, 0.05) is 26.6 Å². The summed E-state index contributed by atoms with van der Waals surface area (Å²) >= 11 is 0. The molecule has 3 heteroatoms. The number of aryl methyl sites for hydroxylation is 1. The molecule has 0 aliphatic carbocycles. The first-order chi connectivity index (χ1) is 21.8. The van der Waals surface area contributed by atoms with Gasteiger partial charge in [0.15, 0.2) is 0 Å². The first-order valence-corrected chi connectivity index (χ1v) is 18.7. The molecule has 2 aromatic carbocycles. The van der Waals surface area contributed by atoms with E-state index in [-0.39, 0.29) is 20.4 Å². The number of hydrogen-bond donors (Lipinski definition) is 0. The number of nitrogens with zero attached hydrogens (tertiary/aromatic N) is 2. The van der Waals surface area contributed by atoms with Crippen LogP contribution >= 0.6 is 0 Å². The molecule has 0 N–H and O–H groups in total. The van der Waals surface area contributed by atoms with Crippen LogP contribution in [0.3, 0.4) is 0 Å². The van der Waals surface area contributed by atoms with Gasteiger partial charge in [0.2, 0.25) is 0 Å². The summed E-state index contributed by atoms with van der Waals surface area (Å²) < 4.78 is 0. The normalized spacial score (nSPS) is 11.9. The zero-order valence-electron chi connectivity index (χ0n) is 29.1. The molecule has 2 nitrogen and oxygen atoms in total. The number of rotatable bonds is 28. The smallest absolute Gasteiger partial charge is 0.0665 e. The molecule has 0 aromatic heterocycles. The molecular formula is C42H66N2Pd. The van der Waals surface area contributed by atoms with Gasteiger partial charge in [0.25, 0.3) is 0 Å². The van der Waals surface area contributed by atoms with Crippen molar-refractivity contribution in [3.05, 3.63) is 72.3 Å². The maximum atomic E-state index is 5.09. The van der Waals surface area contributed by atoms with Crippen LogP contribution in [0, 0.1) is 0 Å². The molecule has 0 aliphatic heterocycles. The number of aliphatic imine (C=N–C) groups is 2. The van der Waals surface area contributed by atoms with Crippen LogP contribution in [0.15, 0.2) is 76.7 Å². The Hall–Kier alpha value is -1.82. The third kappa shape index (κ3) is 23.2. The fourth-order valence-electron chi connectivity index (χ4n) is 5.82. The van der Waals surface area contributed by atoms with Gasteiger partial charge in [-0.1, -0.05) is 178 Å². The monoisotopic (exact) mass is 704 g/mol. The number of benzene rings is 2. The molecule has 2 rings (SSSR count). The molecule has 0 amide bonds. The second kappa shape index (κ2) is 30.8. The Morgan fingerprint density at radius 1 is 0.533 bits per heavy atom. The first kappa shape index (κ1) is 41.2. The summed E-state index contributed by atoms with van der Waals surface area (Å²) in [5.74, 6) is 0. The van der Waals surface area contributed by atoms with Crippen molar-refractivity contribution in [2.24, 2.45) is 9.98 Å². The molecule has 0 heterocycles. The second-order valence-corrected chi connectivity index (χ2v) is 12.7. The zero-order valence-corrected chi connectivity index (χ0v) is 30.7. The van der Waals surface area contributed by atoms with Crippen LogP contribution in [0.4, 0.5) is 11.4 Å². The van der Waals surface area contributed by atoms with E-state index < -0.39 is 0 Å². The van der Waals surface area contributed by atoms with Crippen LogP contribution < -0.4 is 0 Å². The van der Waals surface area contributed by atoms with Gasteiger partial charge in [0.1, 0.15) is 0 Å². The van der Waals surface area contributed by atoms with Crippen molar-refractivity contribution in [2.75, 3.05) is 0 Å². The summed E-state index contributed by atoms with van der Waals surface area (Å²) in [7, 11) is 0. The molecule has 2 aromatic rings. The van der Waals surface area contributed by atoms with Gasteiger partial charge in [0.05, 0.1) is 17.1 Å². The number of allylic oxidation sites excluding steroid dienone is 2. The van der Waals surface area contributed by atoms with Crippen molar-refractivity contribution in [2.45, 2.75) is 168 Å². The summed E-state index contributed by atoms with van der Waals surface area (Å²) in [5.41, 5.74) is 4.48. The fourth-order valence-corrected chi connectivity index (χ4v) is 5.82. The van der Waals surface area contributed by atoms with E-state index in [2.05, 4.69) is 50.3 Å². The minimum atomic E-state index is 0. The van der Waals surface area contributed by atoms with Gasteiger partial charge in [-0.05, 0) is 62.3 Å². The van der Waals surface area contributed by atoms with E-state index in [1.54, 1.807) is 0 Å². The van der Waals surface area contributed by atoms with E-state index in [9.17, 15) is 0 Å². The quantitative estimate of drug-likeness (QED) is 0.0364. The molecule has 0 radical (unpaired) electrons. The molecular weight excluding hydrogens is 639 g/mol. The van der Waals surface area contributed by atoms with Crippen LogP contribution in [0.1, 0.15) is 167 Å². The largest absolute Gasteiger partial charge is 0.255 e. The van der Waals surface area contributed by atoms with Gasteiger partial charge in [-0.3, -0.25) is 9.98 Å². The predicted molar refractivity (Wildman–Crippen MR) is 199 cm³/mol. The minimum Gasteiger partial charge on any atom is -0.255 e. The molecule has 0 atom stereocenters. The number of para-hydroxylation sites is 2. The predicted octanol–water partition coefficient (Wildman–Crippen LogP) is 14.3. The Kier molecular flexibility index (Phi) is 28.2. The minimum absolute atomic E-state index is 0. The zero-order chi connectivity index (χ0) is 31.2. The summed E-state index contributed by atoms with van der Waals surface area (Å²) in [6, 6.07) is 18.8. The fraction of sp³-hybridized carbons (Fsp3) is 0.619. The van der Waals surface area contributed by atoms with Crippen molar-refractivity contribution < 1.29 is 20.4 Å². The molecule has 0 bridgehead atoms. The van der Waals surface area contributed by atoms with E-state index >= 15 is 0 Å². The van der Waals surface area contributed by atoms with Gasteiger partial charge < -0.3 is 0 Å². The third-order valence-corrected chi connectivity index (χ3v) is 8.63. The summed E-state index contributed by atoms with van der Waals surface area (Å²) in [5, 5.41) is 0. The molecule has 0 aliphatic rings. The van der Waals surface area contributed by atoms with E-state index in [4.69, 9.17) is 9.98 Å². The van der Waals surface area contributed by atoms with Crippen LogP contribution in [0.25, 0.3) is 0 Å². The van der Waals surface area contributed by atoms with E-state index in [0.29, 0.717) is 0 Å². The molecule has 0 saturated carbocycles. The summed E-state index contributed by atoms with van der Waals surface area (Å²) in [6.45, 7) is 4.55. The van der Waals surface area contributed by atoms with Gasteiger partial charge >= 0.3 is 0 Å². The molecule has 254 valence electrons. The number of unbranched alkanes of at least 4 members (excludes halogenated alkanes) is 19. The first-order valence-electron chi connectivity index (χ1n) is 18.7. The maximum absolute atomic E-state index is 5.09. The van der Waals surface area contributed by atoms with Crippen molar-refractivity contribution in [3.63, 3.8) is 0 Å². The maximum Gasteiger partial charge on any atom is 0.0665 e. The van der Waals surface area contributed by atoms with Crippen LogP contribution in [0.5, 0.6) is 0 Å². The van der Waals surface area contributed by atoms with Crippen molar-refractivity contribution in [1.82, 2.24) is 0 Å². The molecule has 0 unspecified atom stereocenters. The molecule has 45 heavy (non-hydrogen) atoms. The van der Waals surface area contributed by atoms with Crippen molar-refractivity contribution in [1.29, 1.82) is 0 Å². The van der Waals surface area contributed by atoms with Gasteiger partial charge in [-0.15, -0.1) is 0 Å². The van der Waals surface area contributed by atoms with Crippen molar-refractivity contribution >= 4 is 23.3 Å². The van der Waals surface area contributed by atoms with Crippen LogP contribution in [-0.4, -0.2) is 11.9 Å². The third-order valence-electron chi connectivity index (χ3n) is 8.63. The molecule has 0 fully saturated rings. The molecule has 0 spiro atoms. The van der Waals surface area contributed by atoms with Crippen LogP contribution in [0.2, 0.25) is 0 Å². The summed E-state index contributed by atoms with van der Waals surface area (Å²) in [4.78, 5) is 9.80. The van der Waals surface area contributed by atoms with Gasteiger partial charge in [-0.25, -0.2) is 0 Å². The van der Waals surface area contributed by atoms with Crippen molar-refractivity contribution in [3.8, 4) is 0 Å². The Morgan fingerprint density at radius 3 is 1.62 bits per heavy atom. The Balaban J connectivity index is 0.0000101. The second-order valence-electron chi connectivity index (χ2n) is 12.7. The van der Waals surface area contributed by atoms with E-state index in [1.807, 2.05) is 36.5 Å². The van der Waals surface area contributed by atoms with Crippen LogP contribution in [-0.2, 0) is 26.8 Å². The average Bonchev–Trinajstić information content (AvgIpc) is 3.05. The Bertz CT molecular complexity index is 1010. The molecule has 0 saturated heterocycles. The van der Waals surface area contributed by atoms with E-state index in [0.717, 1.165) is 42.8 Å². The average molecular weight is 705 g/mol. The number of hydrogen-bond acceptors (Lipinski definition) is 2. The Morgan fingerprint density at radius 2 is 1.02 bits per heavy atom.